The molecule has 4 heteroatoms. The Balaban J connectivity index is 2.24. The average molecular weight is 264 g/mol. The van der Waals surface area contributed by atoms with Gasteiger partial charge in [-0.1, -0.05) is 24.3 Å². The van der Waals surface area contributed by atoms with E-state index in [9.17, 15) is 0 Å². The molecule has 0 aliphatic carbocycles. The van der Waals surface area contributed by atoms with E-state index in [-0.39, 0.29) is 0 Å². The van der Waals surface area contributed by atoms with Crippen LogP contribution < -0.4 is 15.4 Å². The molecule has 0 aliphatic rings. The molecule has 3 nitrogen and oxygen atoms in total. The van der Waals surface area contributed by atoms with Gasteiger partial charge in [0.1, 0.15) is 5.75 Å². The number of rotatable bonds is 6. The molecule has 0 bridgehead atoms. The first-order chi connectivity index (χ1) is 8.61. The van der Waals surface area contributed by atoms with Crippen LogP contribution in [0, 0.1) is 0 Å². The monoisotopic (exact) mass is 264 g/mol. The van der Waals surface area contributed by atoms with Gasteiger partial charge in [-0.25, -0.2) is 0 Å². The third-order valence-corrected chi connectivity index (χ3v) is 2.70. The maximum atomic E-state index is 5.14. The highest BCUT2D eigenvalue weighted by molar-refractivity contribution is 7.80. The Morgan fingerprint density at radius 2 is 1.94 bits per heavy atom. The standard InChI is InChI=1S/C14H20N2OS/c1-11(2)10-16-14(18)15-9-8-12-4-6-13(17-3)7-5-12/h4-7H,1,8-10H2,2-3H3,(H2,15,16,18). The number of benzene rings is 1. The van der Waals surface area contributed by atoms with Crippen molar-refractivity contribution < 1.29 is 4.74 Å². The van der Waals surface area contributed by atoms with Crippen molar-refractivity contribution in [2.75, 3.05) is 20.2 Å². The van der Waals surface area contributed by atoms with Gasteiger partial charge in [-0.3, -0.25) is 0 Å². The molecule has 0 fully saturated rings. The molecule has 0 saturated carbocycles. The Labute approximate surface area is 114 Å². The lowest BCUT2D eigenvalue weighted by Crippen LogP contribution is -2.37. The van der Waals surface area contributed by atoms with Gasteiger partial charge in [0.2, 0.25) is 0 Å². The van der Waals surface area contributed by atoms with Crippen LogP contribution >= 0.6 is 12.2 Å². The van der Waals surface area contributed by atoms with Gasteiger partial charge in [0, 0.05) is 13.1 Å². The molecular weight excluding hydrogens is 244 g/mol. The van der Waals surface area contributed by atoms with Crippen molar-refractivity contribution in [3.05, 3.63) is 42.0 Å². The van der Waals surface area contributed by atoms with Crippen molar-refractivity contribution in [2.24, 2.45) is 0 Å². The summed E-state index contributed by atoms with van der Waals surface area (Å²) in [6.07, 6.45) is 0.929. The van der Waals surface area contributed by atoms with Crippen LogP contribution in [-0.4, -0.2) is 25.3 Å². The zero-order chi connectivity index (χ0) is 13.4. The van der Waals surface area contributed by atoms with Gasteiger partial charge >= 0.3 is 0 Å². The molecule has 18 heavy (non-hydrogen) atoms. The second kappa shape index (κ2) is 7.71. The maximum Gasteiger partial charge on any atom is 0.166 e. The van der Waals surface area contributed by atoms with E-state index in [4.69, 9.17) is 17.0 Å². The van der Waals surface area contributed by atoms with E-state index in [2.05, 4.69) is 29.3 Å². The predicted molar refractivity (Wildman–Crippen MR) is 80.1 cm³/mol. The zero-order valence-electron chi connectivity index (χ0n) is 11.0. The van der Waals surface area contributed by atoms with E-state index in [1.54, 1.807) is 7.11 Å². The summed E-state index contributed by atoms with van der Waals surface area (Å²) in [6.45, 7) is 7.31. The number of ether oxygens (including phenoxy) is 1. The van der Waals surface area contributed by atoms with Gasteiger partial charge in [-0.15, -0.1) is 0 Å². The molecule has 0 atom stereocenters. The number of thiocarbonyl (C=S) groups is 1. The fourth-order valence-corrected chi connectivity index (χ4v) is 1.58. The largest absolute Gasteiger partial charge is 0.497 e. The Bertz CT molecular complexity index is 401. The van der Waals surface area contributed by atoms with E-state index in [1.807, 2.05) is 19.1 Å². The van der Waals surface area contributed by atoms with Crippen molar-refractivity contribution in [1.82, 2.24) is 10.6 Å². The van der Waals surface area contributed by atoms with Crippen molar-refractivity contribution >= 4 is 17.3 Å². The third kappa shape index (κ3) is 5.68. The second-order valence-electron chi connectivity index (χ2n) is 4.16. The Kier molecular flexibility index (Phi) is 6.22. The molecule has 0 heterocycles. The molecule has 1 rings (SSSR count). The topological polar surface area (TPSA) is 33.3 Å². The van der Waals surface area contributed by atoms with Crippen LogP contribution in [0.3, 0.4) is 0 Å². The predicted octanol–water partition coefficient (Wildman–Crippen LogP) is 2.28. The highest BCUT2D eigenvalue weighted by Gasteiger charge is 1.97. The van der Waals surface area contributed by atoms with Gasteiger partial charge in [0.15, 0.2) is 5.11 Å². The molecule has 0 saturated heterocycles. The highest BCUT2D eigenvalue weighted by Crippen LogP contribution is 2.11. The summed E-state index contributed by atoms with van der Waals surface area (Å²) in [5.41, 5.74) is 2.32. The molecule has 2 N–H and O–H groups in total. The molecule has 98 valence electrons. The van der Waals surface area contributed by atoms with Crippen LogP contribution in [0.2, 0.25) is 0 Å². The minimum atomic E-state index is 0.673. The van der Waals surface area contributed by atoms with Crippen LogP contribution in [0.15, 0.2) is 36.4 Å². The molecule has 0 aliphatic heterocycles. The van der Waals surface area contributed by atoms with Crippen LogP contribution in [-0.2, 0) is 6.42 Å². The summed E-state index contributed by atoms with van der Waals surface area (Å²) < 4.78 is 5.11. The molecule has 0 amide bonds. The fraction of sp³-hybridized carbons (Fsp3) is 0.357. The molecule has 0 unspecified atom stereocenters. The van der Waals surface area contributed by atoms with Crippen molar-refractivity contribution in [2.45, 2.75) is 13.3 Å². The lowest BCUT2D eigenvalue weighted by molar-refractivity contribution is 0.414. The average Bonchev–Trinajstić information content (AvgIpc) is 2.37. The fourth-order valence-electron chi connectivity index (χ4n) is 1.41. The lowest BCUT2D eigenvalue weighted by atomic mass is 10.1. The minimum Gasteiger partial charge on any atom is -0.497 e. The number of methoxy groups -OCH3 is 1. The van der Waals surface area contributed by atoms with Gasteiger partial charge in [0.25, 0.3) is 0 Å². The number of nitrogens with one attached hydrogen (secondary N) is 2. The van der Waals surface area contributed by atoms with Crippen LogP contribution in [0.4, 0.5) is 0 Å². The van der Waals surface area contributed by atoms with Crippen molar-refractivity contribution in [3.63, 3.8) is 0 Å². The normalized spacial score (nSPS) is 9.67. The summed E-state index contributed by atoms with van der Waals surface area (Å²) in [4.78, 5) is 0. The van der Waals surface area contributed by atoms with Gasteiger partial charge in [-0.05, 0) is 43.3 Å². The quantitative estimate of drug-likeness (QED) is 0.610. The number of hydrogen-bond acceptors (Lipinski definition) is 2. The Hall–Kier alpha value is -1.55. The molecular formula is C14H20N2OS. The summed E-state index contributed by atoms with van der Waals surface area (Å²) in [5, 5.41) is 6.92. The Morgan fingerprint density at radius 1 is 1.28 bits per heavy atom. The Morgan fingerprint density at radius 3 is 2.50 bits per heavy atom. The van der Waals surface area contributed by atoms with Crippen LogP contribution in [0.5, 0.6) is 5.75 Å². The second-order valence-corrected chi connectivity index (χ2v) is 4.57. The van der Waals surface area contributed by atoms with Crippen LogP contribution in [0.1, 0.15) is 12.5 Å². The number of hydrogen-bond donors (Lipinski definition) is 2. The van der Waals surface area contributed by atoms with Gasteiger partial charge in [0.05, 0.1) is 7.11 Å². The molecule has 0 radical (unpaired) electrons. The minimum absolute atomic E-state index is 0.673. The van der Waals surface area contributed by atoms with E-state index >= 15 is 0 Å². The van der Waals surface area contributed by atoms with E-state index in [1.165, 1.54) is 5.56 Å². The van der Waals surface area contributed by atoms with Gasteiger partial charge < -0.3 is 15.4 Å². The summed E-state index contributed by atoms with van der Waals surface area (Å²) in [5.74, 6) is 0.880. The first-order valence-corrected chi connectivity index (χ1v) is 6.31. The first-order valence-electron chi connectivity index (χ1n) is 5.91. The maximum absolute atomic E-state index is 5.14. The van der Waals surface area contributed by atoms with Crippen LogP contribution in [0.25, 0.3) is 0 Å². The molecule has 0 aromatic heterocycles. The van der Waals surface area contributed by atoms with Crippen molar-refractivity contribution in [1.29, 1.82) is 0 Å². The molecule has 1 aromatic carbocycles. The first kappa shape index (κ1) is 14.5. The van der Waals surface area contributed by atoms with Gasteiger partial charge in [-0.2, -0.15) is 0 Å². The molecule has 0 spiro atoms. The summed E-state index contributed by atoms with van der Waals surface area (Å²) in [7, 11) is 1.67. The highest BCUT2D eigenvalue weighted by atomic mass is 32.1. The van der Waals surface area contributed by atoms with Crippen molar-refractivity contribution in [3.8, 4) is 5.75 Å². The van der Waals surface area contributed by atoms with E-state index in [0.717, 1.165) is 24.3 Å². The molecule has 1 aromatic rings. The van der Waals surface area contributed by atoms with E-state index < -0.39 is 0 Å². The lowest BCUT2D eigenvalue weighted by Gasteiger charge is -2.10. The smallest absolute Gasteiger partial charge is 0.166 e. The zero-order valence-corrected chi connectivity index (χ0v) is 11.8. The SMILES string of the molecule is C=C(C)CNC(=S)NCCc1ccc(OC)cc1. The van der Waals surface area contributed by atoms with E-state index in [0.29, 0.717) is 11.7 Å². The summed E-state index contributed by atoms with van der Waals surface area (Å²) in [6, 6.07) is 8.05. The third-order valence-electron chi connectivity index (χ3n) is 2.41. The summed E-state index contributed by atoms with van der Waals surface area (Å²) >= 11 is 5.14.